The fourth-order valence-electron chi connectivity index (χ4n) is 2.94. The number of methoxy groups -OCH3 is 1. The Morgan fingerprint density at radius 2 is 1.69 bits per heavy atom. The van der Waals surface area contributed by atoms with E-state index in [-0.39, 0.29) is 41.7 Å². The van der Waals surface area contributed by atoms with Crippen molar-refractivity contribution in [2.75, 3.05) is 18.6 Å². The first-order chi connectivity index (χ1) is 13.8. The third-order valence-corrected chi connectivity index (χ3v) is 4.39. The first kappa shape index (κ1) is 19.7. The summed E-state index contributed by atoms with van der Waals surface area (Å²) in [6, 6.07) is 8.83. The van der Waals surface area contributed by atoms with Gasteiger partial charge in [0.25, 0.3) is 11.4 Å². The van der Waals surface area contributed by atoms with Crippen molar-refractivity contribution in [2.24, 2.45) is 5.92 Å². The fourth-order valence-corrected chi connectivity index (χ4v) is 2.94. The predicted molar refractivity (Wildman–Crippen MR) is 98.8 cm³/mol. The summed E-state index contributed by atoms with van der Waals surface area (Å²) in [5.41, 5.74) is -0.0163. The maximum atomic E-state index is 12.4. The number of amides is 1. The van der Waals surface area contributed by atoms with Crippen LogP contribution in [0.15, 0.2) is 42.5 Å². The van der Waals surface area contributed by atoms with Crippen LogP contribution in [0.25, 0.3) is 0 Å². The maximum absolute atomic E-state index is 12.4. The van der Waals surface area contributed by atoms with Crippen LogP contribution in [0.2, 0.25) is 0 Å². The summed E-state index contributed by atoms with van der Waals surface area (Å²) in [7, 11) is 1.32. The molecule has 0 bridgehead atoms. The Kier molecular flexibility index (Phi) is 5.39. The predicted octanol–water partition coefficient (Wildman–Crippen LogP) is 2.47. The highest BCUT2D eigenvalue weighted by molar-refractivity contribution is 6.00. The standard InChI is InChI=1S/C18H15N3O8/c1-28-16-9-13(21(26)27)4-7-15(16)19-10-11(8-17(19)22)18(23)29-14-5-2-12(3-6-14)20(24)25/h2-7,9,11H,8,10H2,1H3/t11-/m1/s1. The molecule has 1 amide bonds. The van der Waals surface area contributed by atoms with Gasteiger partial charge in [-0.1, -0.05) is 0 Å². The quantitative estimate of drug-likeness (QED) is 0.311. The Labute approximate surface area is 163 Å². The second-order valence-corrected chi connectivity index (χ2v) is 6.19. The van der Waals surface area contributed by atoms with Gasteiger partial charge in [-0.2, -0.15) is 0 Å². The van der Waals surface area contributed by atoms with Crippen molar-refractivity contribution in [2.45, 2.75) is 6.42 Å². The summed E-state index contributed by atoms with van der Waals surface area (Å²) in [6.45, 7) is 0.0127. The van der Waals surface area contributed by atoms with Crippen LogP contribution < -0.4 is 14.4 Å². The van der Waals surface area contributed by atoms with Crippen LogP contribution in [0, 0.1) is 26.1 Å². The number of ether oxygens (including phenoxy) is 2. The van der Waals surface area contributed by atoms with Gasteiger partial charge in [0, 0.05) is 31.2 Å². The van der Waals surface area contributed by atoms with E-state index in [0.717, 1.165) is 0 Å². The van der Waals surface area contributed by atoms with E-state index >= 15 is 0 Å². The minimum absolute atomic E-state index is 0.0127. The molecule has 2 aromatic rings. The number of hydrogen-bond donors (Lipinski definition) is 0. The summed E-state index contributed by atoms with van der Waals surface area (Å²) < 4.78 is 10.4. The van der Waals surface area contributed by atoms with E-state index in [1.54, 1.807) is 0 Å². The first-order valence-electron chi connectivity index (χ1n) is 8.39. The Hall–Kier alpha value is -4.02. The first-order valence-corrected chi connectivity index (χ1v) is 8.39. The number of hydrogen-bond acceptors (Lipinski definition) is 8. The van der Waals surface area contributed by atoms with Gasteiger partial charge < -0.3 is 14.4 Å². The van der Waals surface area contributed by atoms with Crippen LogP contribution in [-0.4, -0.2) is 35.4 Å². The number of nitro groups is 2. The van der Waals surface area contributed by atoms with E-state index in [1.165, 1.54) is 54.5 Å². The summed E-state index contributed by atoms with van der Waals surface area (Å²) in [5.74, 6) is -1.52. The van der Waals surface area contributed by atoms with Gasteiger partial charge in [0.05, 0.1) is 34.6 Å². The molecule has 1 saturated heterocycles. The number of carbonyl (C=O) groups is 2. The van der Waals surface area contributed by atoms with Crippen LogP contribution in [0.1, 0.15) is 6.42 Å². The van der Waals surface area contributed by atoms with Crippen molar-refractivity contribution < 1.29 is 28.9 Å². The van der Waals surface area contributed by atoms with Gasteiger partial charge in [-0.3, -0.25) is 29.8 Å². The topological polar surface area (TPSA) is 142 Å². The number of non-ortho nitro benzene ring substituents is 2. The van der Waals surface area contributed by atoms with Crippen LogP contribution in [-0.2, 0) is 9.59 Å². The molecule has 0 spiro atoms. The van der Waals surface area contributed by atoms with E-state index in [0.29, 0.717) is 5.69 Å². The lowest BCUT2D eigenvalue weighted by molar-refractivity contribution is -0.385. The third-order valence-electron chi connectivity index (χ3n) is 4.39. The Morgan fingerprint density at radius 1 is 1.07 bits per heavy atom. The molecule has 11 heteroatoms. The summed E-state index contributed by atoms with van der Waals surface area (Å²) in [6.07, 6.45) is -0.105. The molecule has 1 aliphatic rings. The molecular weight excluding hydrogens is 386 g/mol. The number of anilines is 1. The smallest absolute Gasteiger partial charge is 0.316 e. The molecule has 150 valence electrons. The van der Waals surface area contributed by atoms with Crippen molar-refractivity contribution in [3.05, 3.63) is 62.7 Å². The molecule has 0 aromatic heterocycles. The molecule has 0 radical (unpaired) electrons. The second kappa shape index (κ2) is 7.92. The van der Waals surface area contributed by atoms with Crippen LogP contribution in [0.4, 0.5) is 17.1 Å². The lowest BCUT2D eigenvalue weighted by Gasteiger charge is -2.19. The van der Waals surface area contributed by atoms with Crippen molar-refractivity contribution in [3.8, 4) is 11.5 Å². The lowest BCUT2D eigenvalue weighted by Crippen LogP contribution is -2.27. The van der Waals surface area contributed by atoms with Crippen LogP contribution >= 0.6 is 0 Å². The zero-order chi connectivity index (χ0) is 21.1. The number of rotatable bonds is 6. The maximum Gasteiger partial charge on any atom is 0.316 e. The largest absolute Gasteiger partial charge is 0.494 e. The summed E-state index contributed by atoms with van der Waals surface area (Å²) in [5, 5.41) is 21.6. The molecule has 1 fully saturated rings. The Bertz CT molecular complexity index is 989. The molecule has 0 aliphatic carbocycles. The molecule has 1 heterocycles. The number of esters is 1. The molecular formula is C18H15N3O8. The number of benzene rings is 2. The van der Waals surface area contributed by atoms with E-state index < -0.39 is 21.7 Å². The average Bonchev–Trinajstić information content (AvgIpc) is 3.09. The molecule has 0 unspecified atom stereocenters. The average molecular weight is 401 g/mol. The SMILES string of the molecule is COc1cc([N+](=O)[O-])ccc1N1C[C@H](C(=O)Oc2ccc([N+](=O)[O-])cc2)CC1=O. The minimum atomic E-state index is -0.766. The van der Waals surface area contributed by atoms with Gasteiger partial charge >= 0.3 is 5.97 Å². The van der Waals surface area contributed by atoms with E-state index in [9.17, 15) is 29.8 Å². The lowest BCUT2D eigenvalue weighted by atomic mass is 10.1. The molecule has 0 saturated carbocycles. The zero-order valence-corrected chi connectivity index (χ0v) is 15.1. The van der Waals surface area contributed by atoms with Crippen molar-refractivity contribution in [1.82, 2.24) is 0 Å². The van der Waals surface area contributed by atoms with Crippen LogP contribution in [0.3, 0.4) is 0 Å². The van der Waals surface area contributed by atoms with Crippen molar-refractivity contribution in [3.63, 3.8) is 0 Å². The van der Waals surface area contributed by atoms with Gasteiger partial charge in [0.15, 0.2) is 0 Å². The van der Waals surface area contributed by atoms with E-state index in [2.05, 4.69) is 0 Å². The Morgan fingerprint density at radius 3 is 2.28 bits per heavy atom. The number of nitrogens with zero attached hydrogens (tertiary/aromatic N) is 3. The van der Waals surface area contributed by atoms with Gasteiger partial charge in [0.2, 0.25) is 5.91 Å². The molecule has 1 aliphatic heterocycles. The third kappa shape index (κ3) is 4.13. The number of carbonyl (C=O) groups excluding carboxylic acids is 2. The van der Waals surface area contributed by atoms with Gasteiger partial charge in [0.1, 0.15) is 11.5 Å². The van der Waals surface area contributed by atoms with E-state index in [4.69, 9.17) is 9.47 Å². The highest BCUT2D eigenvalue weighted by Gasteiger charge is 2.37. The van der Waals surface area contributed by atoms with Crippen molar-refractivity contribution >= 4 is 28.9 Å². The summed E-state index contributed by atoms with van der Waals surface area (Å²) >= 11 is 0. The van der Waals surface area contributed by atoms with E-state index in [1.807, 2.05) is 0 Å². The highest BCUT2D eigenvalue weighted by Crippen LogP contribution is 2.36. The van der Waals surface area contributed by atoms with Crippen molar-refractivity contribution in [1.29, 1.82) is 0 Å². The monoisotopic (exact) mass is 401 g/mol. The van der Waals surface area contributed by atoms with Crippen LogP contribution in [0.5, 0.6) is 11.5 Å². The van der Waals surface area contributed by atoms with Gasteiger partial charge in [-0.15, -0.1) is 0 Å². The zero-order valence-electron chi connectivity index (χ0n) is 15.1. The molecule has 3 rings (SSSR count). The number of nitro benzene ring substituents is 2. The molecule has 1 atom stereocenters. The second-order valence-electron chi connectivity index (χ2n) is 6.19. The molecule has 11 nitrogen and oxygen atoms in total. The minimum Gasteiger partial charge on any atom is -0.494 e. The highest BCUT2D eigenvalue weighted by atomic mass is 16.6. The molecule has 2 aromatic carbocycles. The Balaban J connectivity index is 1.73. The normalized spacial score (nSPS) is 15.8. The van der Waals surface area contributed by atoms with Gasteiger partial charge in [-0.05, 0) is 18.2 Å². The summed E-state index contributed by atoms with van der Waals surface area (Å²) in [4.78, 5) is 46.5. The van der Waals surface area contributed by atoms with Gasteiger partial charge in [-0.25, -0.2) is 0 Å². The molecule has 29 heavy (non-hydrogen) atoms. The molecule has 0 N–H and O–H groups in total. The fraction of sp³-hybridized carbons (Fsp3) is 0.222.